The zero-order valence-corrected chi connectivity index (χ0v) is 45.6. The first-order valence-electron chi connectivity index (χ1n) is 29.4. The fraction of sp³-hybridized carbons (Fsp3) is 0.762. The molecule has 1 atom stereocenters. The highest BCUT2D eigenvalue weighted by Crippen LogP contribution is 2.15. The Morgan fingerprint density at radius 2 is 0.536 bits per heavy atom. The second-order valence-electron chi connectivity index (χ2n) is 19.5. The van der Waals surface area contributed by atoms with Gasteiger partial charge in [-0.2, -0.15) is 0 Å². The lowest BCUT2D eigenvalue weighted by atomic mass is 10.1. The average Bonchev–Trinajstić information content (AvgIpc) is 3.35. The van der Waals surface area contributed by atoms with E-state index in [0.717, 1.165) is 70.6 Å². The van der Waals surface area contributed by atoms with E-state index in [9.17, 15) is 14.4 Å². The topological polar surface area (TPSA) is 78.9 Å². The van der Waals surface area contributed by atoms with Crippen molar-refractivity contribution in [2.75, 3.05) is 13.2 Å². The Morgan fingerprint density at radius 3 is 0.913 bits per heavy atom. The molecule has 0 amide bonds. The predicted octanol–water partition coefficient (Wildman–Crippen LogP) is 19.8. The lowest BCUT2D eigenvalue weighted by Crippen LogP contribution is -2.30. The van der Waals surface area contributed by atoms with Crippen molar-refractivity contribution in [2.45, 2.75) is 297 Å². The van der Waals surface area contributed by atoms with Crippen LogP contribution in [-0.4, -0.2) is 37.2 Å². The molecule has 0 radical (unpaired) electrons. The Hall–Kier alpha value is -3.15. The first kappa shape index (κ1) is 65.8. The lowest BCUT2D eigenvalue weighted by molar-refractivity contribution is -0.167. The fourth-order valence-corrected chi connectivity index (χ4v) is 8.19. The zero-order chi connectivity index (χ0) is 50.0. The molecule has 0 spiro atoms. The van der Waals surface area contributed by atoms with E-state index >= 15 is 0 Å². The highest BCUT2D eigenvalue weighted by Gasteiger charge is 2.19. The van der Waals surface area contributed by atoms with Gasteiger partial charge >= 0.3 is 17.9 Å². The summed E-state index contributed by atoms with van der Waals surface area (Å²) in [5, 5.41) is 0. The number of ether oxygens (including phenoxy) is 3. The monoisotopic (exact) mass is 963 g/mol. The third-order valence-electron chi connectivity index (χ3n) is 12.7. The number of hydrogen-bond acceptors (Lipinski definition) is 6. The molecule has 0 aliphatic carbocycles. The molecule has 0 aromatic carbocycles. The Labute approximate surface area is 427 Å². The van der Waals surface area contributed by atoms with Crippen LogP contribution in [0.2, 0.25) is 0 Å². The molecule has 0 bridgehead atoms. The number of esters is 3. The molecule has 0 heterocycles. The normalized spacial score (nSPS) is 12.6. The molecule has 0 saturated carbocycles. The van der Waals surface area contributed by atoms with Crippen LogP contribution in [0.1, 0.15) is 290 Å². The van der Waals surface area contributed by atoms with Gasteiger partial charge in [0.2, 0.25) is 0 Å². The van der Waals surface area contributed by atoms with Gasteiger partial charge in [-0.25, -0.2) is 0 Å². The summed E-state index contributed by atoms with van der Waals surface area (Å²) in [6.07, 6.45) is 73.2. The van der Waals surface area contributed by atoms with E-state index in [1.165, 1.54) is 173 Å². The Morgan fingerprint density at radius 1 is 0.290 bits per heavy atom. The molecule has 0 aliphatic rings. The second kappa shape index (κ2) is 57.4. The maximum atomic E-state index is 12.9. The van der Waals surface area contributed by atoms with Crippen LogP contribution >= 0.6 is 0 Å². The molecular formula is C63H110O6. The number of carbonyl (C=O) groups is 3. The molecular weight excluding hydrogens is 853 g/mol. The van der Waals surface area contributed by atoms with Crippen LogP contribution in [0.3, 0.4) is 0 Å². The molecule has 0 aromatic rings. The fourth-order valence-electron chi connectivity index (χ4n) is 8.19. The third-order valence-corrected chi connectivity index (χ3v) is 12.7. The highest BCUT2D eigenvalue weighted by atomic mass is 16.6. The van der Waals surface area contributed by atoms with E-state index in [1.54, 1.807) is 0 Å². The van der Waals surface area contributed by atoms with Crippen molar-refractivity contribution in [1.82, 2.24) is 0 Å². The summed E-state index contributed by atoms with van der Waals surface area (Å²) in [5.74, 6) is -0.953. The SMILES string of the molecule is CCCCC/C=C\C/C=C\CCCCCCCCCC(=O)OC[C@H](COC(=O)CCC/C=C\C/C=C\C/C=C\CCCCCCCC)OC(=O)CCCCCCCCC/C=C\CCCCCCCC. The predicted molar refractivity (Wildman–Crippen MR) is 298 cm³/mol. The molecule has 0 aromatic heterocycles. The van der Waals surface area contributed by atoms with E-state index in [0.29, 0.717) is 19.3 Å². The molecule has 0 unspecified atom stereocenters. The van der Waals surface area contributed by atoms with Gasteiger partial charge in [0, 0.05) is 19.3 Å². The van der Waals surface area contributed by atoms with Gasteiger partial charge in [-0.1, -0.05) is 235 Å². The largest absolute Gasteiger partial charge is 0.462 e. The van der Waals surface area contributed by atoms with Crippen LogP contribution in [0.25, 0.3) is 0 Å². The van der Waals surface area contributed by atoms with Gasteiger partial charge in [-0.05, 0) is 109 Å². The first-order valence-corrected chi connectivity index (χ1v) is 29.4. The van der Waals surface area contributed by atoms with Crippen molar-refractivity contribution in [3.8, 4) is 0 Å². The number of carbonyl (C=O) groups excluding carboxylic acids is 3. The van der Waals surface area contributed by atoms with E-state index in [1.807, 2.05) is 0 Å². The minimum absolute atomic E-state index is 0.0963. The van der Waals surface area contributed by atoms with Gasteiger partial charge in [-0.15, -0.1) is 0 Å². The van der Waals surface area contributed by atoms with Gasteiger partial charge in [0.25, 0.3) is 0 Å². The molecule has 6 nitrogen and oxygen atoms in total. The minimum atomic E-state index is -0.802. The smallest absolute Gasteiger partial charge is 0.306 e. The van der Waals surface area contributed by atoms with Crippen LogP contribution in [-0.2, 0) is 28.6 Å². The average molecular weight is 964 g/mol. The molecule has 0 aliphatic heterocycles. The number of rotatable bonds is 53. The lowest BCUT2D eigenvalue weighted by Gasteiger charge is -2.18. The van der Waals surface area contributed by atoms with Crippen molar-refractivity contribution in [3.63, 3.8) is 0 Å². The number of hydrogen-bond donors (Lipinski definition) is 0. The second-order valence-corrected chi connectivity index (χ2v) is 19.5. The van der Waals surface area contributed by atoms with E-state index in [4.69, 9.17) is 14.2 Å². The van der Waals surface area contributed by atoms with Crippen LogP contribution in [0, 0.1) is 0 Å². The van der Waals surface area contributed by atoms with Gasteiger partial charge < -0.3 is 14.2 Å². The van der Waals surface area contributed by atoms with Gasteiger partial charge in [0.15, 0.2) is 6.10 Å². The molecule has 0 rings (SSSR count). The van der Waals surface area contributed by atoms with Crippen molar-refractivity contribution in [1.29, 1.82) is 0 Å². The van der Waals surface area contributed by atoms with E-state index in [-0.39, 0.29) is 37.5 Å². The summed E-state index contributed by atoms with van der Waals surface area (Å²) < 4.78 is 16.8. The Balaban J connectivity index is 4.46. The summed E-state index contributed by atoms with van der Waals surface area (Å²) in [4.78, 5) is 38.2. The summed E-state index contributed by atoms with van der Waals surface area (Å²) in [6.45, 7) is 6.57. The van der Waals surface area contributed by atoms with Crippen molar-refractivity contribution >= 4 is 17.9 Å². The van der Waals surface area contributed by atoms with Crippen LogP contribution in [0.5, 0.6) is 0 Å². The van der Waals surface area contributed by atoms with Crippen LogP contribution < -0.4 is 0 Å². The summed E-state index contributed by atoms with van der Waals surface area (Å²) in [5.41, 5.74) is 0. The molecule has 0 N–H and O–H groups in total. The maximum absolute atomic E-state index is 12.9. The zero-order valence-electron chi connectivity index (χ0n) is 45.6. The molecule has 69 heavy (non-hydrogen) atoms. The Kier molecular flexibility index (Phi) is 54.8. The molecule has 6 heteroatoms. The minimum Gasteiger partial charge on any atom is -0.462 e. The number of allylic oxidation sites excluding steroid dienone is 12. The highest BCUT2D eigenvalue weighted by molar-refractivity contribution is 5.71. The third kappa shape index (κ3) is 55.6. The standard InChI is InChI=1S/C63H110O6/c1-4-7-10-13-16-19-22-25-28-31-34-37-40-43-46-49-52-55-61(64)67-58-60(69-63(66)57-54-51-48-45-42-39-36-33-30-27-24-21-18-15-12-9-6-3)59-68-62(65)56-53-50-47-44-41-38-35-32-29-26-23-20-17-14-11-8-5-2/h16,19,25-30,35,38,44,47,60H,4-15,17-18,20-24,31-34,36-37,39-43,45-46,48-59H2,1-3H3/b19-16-,28-25-,29-26-,30-27-,38-35-,47-44-/t60-/m1/s1. The summed E-state index contributed by atoms with van der Waals surface area (Å²) >= 11 is 0. The van der Waals surface area contributed by atoms with Gasteiger partial charge in [0.1, 0.15) is 13.2 Å². The van der Waals surface area contributed by atoms with Crippen molar-refractivity contribution in [3.05, 3.63) is 72.9 Å². The molecule has 0 fully saturated rings. The summed E-state index contributed by atoms with van der Waals surface area (Å²) in [6, 6.07) is 0. The quantitative estimate of drug-likeness (QED) is 0.0262. The van der Waals surface area contributed by atoms with Crippen LogP contribution in [0.15, 0.2) is 72.9 Å². The van der Waals surface area contributed by atoms with E-state index in [2.05, 4.69) is 93.7 Å². The summed E-state index contributed by atoms with van der Waals surface area (Å²) in [7, 11) is 0. The van der Waals surface area contributed by atoms with Crippen molar-refractivity contribution < 1.29 is 28.6 Å². The molecule has 398 valence electrons. The number of unbranched alkanes of at least 4 members (excludes halogenated alkanes) is 30. The molecule has 0 saturated heterocycles. The Bertz CT molecular complexity index is 1290. The van der Waals surface area contributed by atoms with Crippen molar-refractivity contribution in [2.24, 2.45) is 0 Å². The first-order chi connectivity index (χ1) is 34.0. The van der Waals surface area contributed by atoms with Crippen LogP contribution in [0.4, 0.5) is 0 Å². The van der Waals surface area contributed by atoms with E-state index < -0.39 is 6.10 Å². The van der Waals surface area contributed by atoms with Gasteiger partial charge in [-0.3, -0.25) is 14.4 Å². The maximum Gasteiger partial charge on any atom is 0.306 e. The van der Waals surface area contributed by atoms with Gasteiger partial charge in [0.05, 0.1) is 0 Å².